The van der Waals surface area contributed by atoms with Crippen molar-refractivity contribution >= 4 is 48.7 Å². The number of rotatable bonds is 8. The summed E-state index contributed by atoms with van der Waals surface area (Å²) in [5.41, 5.74) is 1.54. The van der Waals surface area contributed by atoms with Gasteiger partial charge in [0.1, 0.15) is 4.88 Å². The summed E-state index contributed by atoms with van der Waals surface area (Å²) in [7, 11) is -7.24. The molecule has 0 fully saturated rings. The minimum Gasteiger partial charge on any atom is -0.477 e. The van der Waals surface area contributed by atoms with Gasteiger partial charge in [0.2, 0.25) is 20.0 Å². The molecule has 0 saturated carbocycles. The highest BCUT2D eigenvalue weighted by molar-refractivity contribution is 7.92. The second-order valence-corrected chi connectivity index (χ2v) is 11.0. The van der Waals surface area contributed by atoms with Crippen molar-refractivity contribution in [1.29, 1.82) is 0 Å². The van der Waals surface area contributed by atoms with Crippen LogP contribution in [0.3, 0.4) is 0 Å². The van der Waals surface area contributed by atoms with Crippen LogP contribution in [0.5, 0.6) is 0 Å². The molecule has 0 amide bonds. The zero-order valence-corrected chi connectivity index (χ0v) is 18.1. The number of nitrogens with one attached hydrogen (secondary N) is 2. The molecule has 8 nitrogen and oxygen atoms in total. The third kappa shape index (κ3) is 5.81. The summed E-state index contributed by atoms with van der Waals surface area (Å²) < 4.78 is 52.3. The quantitative estimate of drug-likeness (QED) is 0.466. The van der Waals surface area contributed by atoms with Crippen LogP contribution in [-0.4, -0.2) is 34.2 Å². The van der Waals surface area contributed by atoms with Gasteiger partial charge in [-0.2, -0.15) is 0 Å². The normalized spacial score (nSPS) is 11.8. The highest BCUT2D eigenvalue weighted by atomic mass is 32.2. The number of anilines is 2. The topological polar surface area (TPSA) is 130 Å². The Labute approximate surface area is 178 Å². The van der Waals surface area contributed by atoms with E-state index in [1.807, 2.05) is 0 Å². The van der Waals surface area contributed by atoms with Crippen LogP contribution in [0.15, 0.2) is 60.7 Å². The largest absolute Gasteiger partial charge is 0.477 e. The average Bonchev–Trinajstić information content (AvgIpc) is 3.04. The van der Waals surface area contributed by atoms with Gasteiger partial charge in [0.25, 0.3) is 0 Å². The van der Waals surface area contributed by atoms with E-state index in [0.717, 1.165) is 17.6 Å². The van der Waals surface area contributed by atoms with Gasteiger partial charge in [-0.25, -0.2) is 21.6 Å². The van der Waals surface area contributed by atoms with E-state index in [4.69, 9.17) is 0 Å². The Kier molecular flexibility index (Phi) is 6.15. The first-order valence-corrected chi connectivity index (χ1v) is 12.9. The molecule has 0 spiro atoms. The maximum Gasteiger partial charge on any atom is 0.348 e. The van der Waals surface area contributed by atoms with Gasteiger partial charge >= 0.3 is 5.97 Å². The summed E-state index contributed by atoms with van der Waals surface area (Å²) in [6, 6.07) is 16.3. The number of benzene rings is 2. The predicted molar refractivity (Wildman–Crippen MR) is 118 cm³/mol. The van der Waals surface area contributed by atoms with Gasteiger partial charge in [-0.15, -0.1) is 11.3 Å². The molecule has 11 heteroatoms. The Morgan fingerprint density at radius 2 is 1.60 bits per heavy atom. The molecule has 0 aliphatic heterocycles. The van der Waals surface area contributed by atoms with Gasteiger partial charge in [-0.3, -0.25) is 9.44 Å². The SMILES string of the molecule is CS(=O)(=O)Nc1ccc(-c2cc(NS(=O)(=O)Cc3ccccc3)c(C(=O)O)s2)cc1. The maximum atomic E-state index is 12.5. The fourth-order valence-corrected chi connectivity index (χ4v) is 5.47. The molecule has 1 heterocycles. The van der Waals surface area contributed by atoms with Crippen molar-refractivity contribution in [2.75, 3.05) is 15.7 Å². The molecule has 0 aliphatic rings. The fraction of sp³-hybridized carbons (Fsp3) is 0.105. The molecule has 3 aromatic rings. The van der Waals surface area contributed by atoms with E-state index in [2.05, 4.69) is 9.44 Å². The zero-order valence-electron chi connectivity index (χ0n) is 15.7. The van der Waals surface area contributed by atoms with Crippen molar-refractivity contribution < 1.29 is 26.7 Å². The lowest BCUT2D eigenvalue weighted by Crippen LogP contribution is -2.16. The molecule has 0 unspecified atom stereocenters. The zero-order chi connectivity index (χ0) is 21.9. The Morgan fingerprint density at radius 1 is 0.967 bits per heavy atom. The predicted octanol–water partition coefficient (Wildman–Crippen LogP) is 3.43. The third-order valence-electron chi connectivity index (χ3n) is 3.86. The van der Waals surface area contributed by atoms with E-state index in [1.54, 1.807) is 42.5 Å². The Morgan fingerprint density at radius 3 is 2.17 bits per heavy atom. The van der Waals surface area contributed by atoms with Crippen LogP contribution in [-0.2, 0) is 25.8 Å². The Balaban J connectivity index is 1.87. The van der Waals surface area contributed by atoms with Gasteiger partial charge in [0, 0.05) is 10.6 Å². The molecule has 0 radical (unpaired) electrons. The first-order valence-electron chi connectivity index (χ1n) is 8.52. The van der Waals surface area contributed by atoms with Crippen molar-refractivity contribution in [2.24, 2.45) is 0 Å². The summed E-state index contributed by atoms with van der Waals surface area (Å²) in [5.74, 6) is -1.54. The van der Waals surface area contributed by atoms with Gasteiger partial charge in [0.15, 0.2) is 0 Å². The molecule has 30 heavy (non-hydrogen) atoms. The first kappa shape index (κ1) is 21.8. The molecule has 158 valence electrons. The Hall–Kier alpha value is -2.89. The lowest BCUT2D eigenvalue weighted by atomic mass is 10.1. The van der Waals surface area contributed by atoms with Crippen molar-refractivity contribution in [2.45, 2.75) is 5.75 Å². The first-order chi connectivity index (χ1) is 14.0. The second kappa shape index (κ2) is 8.46. The van der Waals surface area contributed by atoms with Crippen molar-refractivity contribution in [3.8, 4) is 10.4 Å². The van der Waals surface area contributed by atoms with E-state index in [-0.39, 0.29) is 16.3 Å². The lowest BCUT2D eigenvalue weighted by Gasteiger charge is -2.07. The smallest absolute Gasteiger partial charge is 0.348 e. The van der Waals surface area contributed by atoms with Crippen LogP contribution in [0.25, 0.3) is 10.4 Å². The van der Waals surface area contributed by atoms with Crippen molar-refractivity contribution in [1.82, 2.24) is 0 Å². The maximum absolute atomic E-state index is 12.5. The number of aromatic carboxylic acids is 1. The number of hydrogen-bond acceptors (Lipinski definition) is 6. The molecule has 0 aliphatic carbocycles. The van der Waals surface area contributed by atoms with E-state index < -0.39 is 26.0 Å². The van der Waals surface area contributed by atoms with Crippen LogP contribution < -0.4 is 9.44 Å². The summed E-state index contributed by atoms with van der Waals surface area (Å²) >= 11 is 0.922. The van der Waals surface area contributed by atoms with Crippen LogP contribution in [0.1, 0.15) is 15.2 Å². The van der Waals surface area contributed by atoms with Gasteiger partial charge in [0.05, 0.1) is 17.7 Å². The van der Waals surface area contributed by atoms with Crippen LogP contribution in [0.4, 0.5) is 11.4 Å². The van der Waals surface area contributed by atoms with Gasteiger partial charge in [-0.05, 0) is 29.3 Å². The van der Waals surface area contributed by atoms with E-state index in [9.17, 15) is 26.7 Å². The molecule has 0 bridgehead atoms. The van der Waals surface area contributed by atoms with Crippen LogP contribution in [0.2, 0.25) is 0 Å². The second-order valence-electron chi connectivity index (χ2n) is 6.46. The van der Waals surface area contributed by atoms with Crippen molar-refractivity contribution in [3.05, 3.63) is 71.1 Å². The molecule has 3 rings (SSSR count). The van der Waals surface area contributed by atoms with Crippen LogP contribution >= 0.6 is 11.3 Å². The highest BCUT2D eigenvalue weighted by Crippen LogP contribution is 2.36. The minimum absolute atomic E-state index is 0.0169. The summed E-state index contributed by atoms with van der Waals surface area (Å²) in [6.07, 6.45) is 1.03. The van der Waals surface area contributed by atoms with Crippen LogP contribution in [0, 0.1) is 0 Å². The monoisotopic (exact) mass is 466 g/mol. The number of carboxylic acid groups (broad SMARTS) is 1. The fourth-order valence-electron chi connectivity index (χ4n) is 2.68. The number of hydrogen-bond donors (Lipinski definition) is 3. The Bertz CT molecular complexity index is 1270. The molecular formula is C19H18N2O6S3. The molecule has 2 aromatic carbocycles. The molecule has 0 saturated heterocycles. The lowest BCUT2D eigenvalue weighted by molar-refractivity contribution is 0.0703. The summed E-state index contributed by atoms with van der Waals surface area (Å²) in [6.45, 7) is 0. The minimum atomic E-state index is -3.82. The summed E-state index contributed by atoms with van der Waals surface area (Å²) in [4.78, 5) is 12.0. The van der Waals surface area contributed by atoms with Crippen molar-refractivity contribution in [3.63, 3.8) is 0 Å². The number of carboxylic acids is 1. The number of thiophene rings is 1. The summed E-state index contributed by atoms with van der Waals surface area (Å²) in [5, 5.41) is 9.48. The van der Waals surface area contributed by atoms with E-state index in [0.29, 0.717) is 21.7 Å². The third-order valence-corrected chi connectivity index (χ3v) is 6.89. The highest BCUT2D eigenvalue weighted by Gasteiger charge is 2.21. The number of sulfonamides is 2. The molecule has 0 atom stereocenters. The molecule has 3 N–H and O–H groups in total. The average molecular weight is 467 g/mol. The molecular weight excluding hydrogens is 448 g/mol. The standard InChI is InChI=1S/C19H18N2O6S3/c1-29(24,25)20-15-9-7-14(8-10-15)17-11-16(18(28-17)19(22)23)21-30(26,27)12-13-5-3-2-4-6-13/h2-11,20-21H,12H2,1H3,(H,22,23). The van der Waals surface area contributed by atoms with Gasteiger partial charge < -0.3 is 5.11 Å². The van der Waals surface area contributed by atoms with Gasteiger partial charge in [-0.1, -0.05) is 42.5 Å². The number of carbonyl (C=O) groups is 1. The molecule has 1 aromatic heterocycles. The van der Waals surface area contributed by atoms with E-state index >= 15 is 0 Å². The van der Waals surface area contributed by atoms with E-state index in [1.165, 1.54) is 18.2 Å².